The van der Waals surface area contributed by atoms with Gasteiger partial charge in [0.2, 0.25) is 5.95 Å². The van der Waals surface area contributed by atoms with E-state index in [-0.39, 0.29) is 0 Å². The molecular weight excluding hydrogens is 488 g/mol. The average Bonchev–Trinajstić information content (AvgIpc) is 3.64. The van der Waals surface area contributed by atoms with Crippen LogP contribution in [0.1, 0.15) is 0 Å². The zero-order valence-electron chi connectivity index (χ0n) is 21.3. The van der Waals surface area contributed by atoms with Crippen LogP contribution in [0.5, 0.6) is 0 Å². The Hall–Kier alpha value is -5.48. The van der Waals surface area contributed by atoms with Crippen molar-refractivity contribution in [2.24, 2.45) is 0 Å². The smallest absolute Gasteiger partial charge is 0.235 e. The molecule has 184 valence electrons. The summed E-state index contributed by atoms with van der Waals surface area (Å²) < 4.78 is 4.73. The molecule has 10 aromatic rings. The van der Waals surface area contributed by atoms with E-state index in [1.54, 1.807) is 0 Å². The van der Waals surface area contributed by atoms with Crippen molar-refractivity contribution >= 4 is 81.6 Å². The van der Waals surface area contributed by atoms with Gasteiger partial charge < -0.3 is 4.40 Å². The van der Waals surface area contributed by atoms with E-state index in [9.17, 15) is 0 Å². The molecule has 4 nitrogen and oxygen atoms in total. The predicted octanol–water partition coefficient (Wildman–Crippen LogP) is 9.03. The molecule has 0 saturated heterocycles. The van der Waals surface area contributed by atoms with Crippen LogP contribution in [0.4, 0.5) is 0 Å². The van der Waals surface area contributed by atoms with Gasteiger partial charge in [0.25, 0.3) is 0 Å². The Morgan fingerprint density at radius 1 is 0.475 bits per heavy atom. The second kappa shape index (κ2) is 7.13. The van der Waals surface area contributed by atoms with Crippen LogP contribution < -0.4 is 0 Å². The van der Waals surface area contributed by atoms with Crippen LogP contribution in [0.2, 0.25) is 0 Å². The lowest BCUT2D eigenvalue weighted by Gasteiger charge is -2.09. The number of rotatable bonds is 1. The maximum Gasteiger partial charge on any atom is 0.235 e. The standard InChI is InChI=1S/C36H20N4/c1-2-10-22-18-32-26(17-21(22)9-1)28-19-27-24-12-4-7-15-30(24)39-31-16-8-5-13-25(31)33(34(27)39)35(28)40(32)36-37-20-23-11-3-6-14-29(23)38-36/h1-20H. The van der Waals surface area contributed by atoms with Crippen molar-refractivity contribution in [1.29, 1.82) is 0 Å². The van der Waals surface area contributed by atoms with Gasteiger partial charge in [-0.15, -0.1) is 0 Å². The number of fused-ring (bicyclic) bond motifs is 12. The van der Waals surface area contributed by atoms with Crippen LogP contribution >= 0.6 is 0 Å². The molecule has 0 aliphatic rings. The normalized spacial score (nSPS) is 12.5. The second-order valence-electron chi connectivity index (χ2n) is 10.7. The summed E-state index contributed by atoms with van der Waals surface area (Å²) in [7, 11) is 0. The van der Waals surface area contributed by atoms with E-state index in [1.807, 2.05) is 18.3 Å². The molecule has 6 aromatic carbocycles. The molecule has 4 heterocycles. The number of aromatic nitrogens is 4. The van der Waals surface area contributed by atoms with E-state index in [2.05, 4.69) is 112 Å². The third kappa shape index (κ3) is 2.42. The molecule has 0 bridgehead atoms. The summed E-state index contributed by atoms with van der Waals surface area (Å²) in [6.07, 6.45) is 1.94. The van der Waals surface area contributed by atoms with Crippen molar-refractivity contribution in [1.82, 2.24) is 18.9 Å². The summed E-state index contributed by atoms with van der Waals surface area (Å²) in [5.41, 5.74) is 6.92. The van der Waals surface area contributed by atoms with Crippen molar-refractivity contribution in [3.8, 4) is 5.95 Å². The monoisotopic (exact) mass is 508 g/mol. The van der Waals surface area contributed by atoms with E-state index in [4.69, 9.17) is 9.97 Å². The number of para-hydroxylation sites is 3. The van der Waals surface area contributed by atoms with E-state index >= 15 is 0 Å². The lowest BCUT2D eigenvalue weighted by molar-refractivity contribution is 1.01. The van der Waals surface area contributed by atoms with Gasteiger partial charge in [-0.1, -0.05) is 78.9 Å². The molecule has 0 N–H and O–H groups in total. The minimum absolute atomic E-state index is 0.691. The number of benzene rings is 6. The molecular formula is C36H20N4. The highest BCUT2D eigenvalue weighted by Gasteiger charge is 2.25. The predicted molar refractivity (Wildman–Crippen MR) is 166 cm³/mol. The number of hydrogen-bond donors (Lipinski definition) is 0. The highest BCUT2D eigenvalue weighted by atomic mass is 15.2. The van der Waals surface area contributed by atoms with Gasteiger partial charge in [0.05, 0.1) is 33.1 Å². The minimum Gasteiger partial charge on any atom is -0.308 e. The van der Waals surface area contributed by atoms with Gasteiger partial charge in [0.15, 0.2) is 0 Å². The molecule has 0 aliphatic heterocycles. The van der Waals surface area contributed by atoms with Crippen molar-refractivity contribution in [3.05, 3.63) is 121 Å². The van der Waals surface area contributed by atoms with E-state index < -0.39 is 0 Å². The maximum absolute atomic E-state index is 5.11. The average molecular weight is 509 g/mol. The maximum atomic E-state index is 5.11. The van der Waals surface area contributed by atoms with Crippen LogP contribution in [-0.4, -0.2) is 18.9 Å². The van der Waals surface area contributed by atoms with E-state index in [1.165, 1.54) is 59.6 Å². The first-order chi connectivity index (χ1) is 19.8. The summed E-state index contributed by atoms with van der Waals surface area (Å²) >= 11 is 0. The summed E-state index contributed by atoms with van der Waals surface area (Å²) in [5.74, 6) is 0.691. The van der Waals surface area contributed by atoms with Crippen molar-refractivity contribution in [2.75, 3.05) is 0 Å². The van der Waals surface area contributed by atoms with Crippen molar-refractivity contribution in [3.63, 3.8) is 0 Å². The molecule has 4 aromatic heterocycles. The fourth-order valence-electron chi connectivity index (χ4n) is 6.97. The first-order valence-corrected chi connectivity index (χ1v) is 13.6. The van der Waals surface area contributed by atoms with Crippen molar-refractivity contribution < 1.29 is 0 Å². The van der Waals surface area contributed by atoms with Gasteiger partial charge in [0, 0.05) is 43.9 Å². The van der Waals surface area contributed by atoms with Crippen LogP contribution in [0, 0.1) is 0 Å². The molecule has 0 unspecified atom stereocenters. The lowest BCUT2D eigenvalue weighted by atomic mass is 10.0. The summed E-state index contributed by atoms with van der Waals surface area (Å²) in [6, 6.07) is 41.4. The Morgan fingerprint density at radius 3 is 1.98 bits per heavy atom. The van der Waals surface area contributed by atoms with Crippen LogP contribution in [-0.2, 0) is 0 Å². The molecule has 40 heavy (non-hydrogen) atoms. The Bertz CT molecular complexity index is 2660. The molecule has 0 amide bonds. The van der Waals surface area contributed by atoms with Crippen LogP contribution in [0.25, 0.3) is 87.5 Å². The summed E-state index contributed by atoms with van der Waals surface area (Å²) in [5, 5.41) is 11.0. The largest absolute Gasteiger partial charge is 0.308 e. The molecule has 0 saturated carbocycles. The highest BCUT2D eigenvalue weighted by molar-refractivity contribution is 6.34. The lowest BCUT2D eigenvalue weighted by Crippen LogP contribution is -2.01. The third-order valence-corrected chi connectivity index (χ3v) is 8.64. The van der Waals surface area contributed by atoms with Crippen LogP contribution in [0.15, 0.2) is 121 Å². The minimum atomic E-state index is 0.691. The molecule has 0 spiro atoms. The Morgan fingerprint density at radius 2 is 1.12 bits per heavy atom. The molecule has 0 aliphatic carbocycles. The first kappa shape index (κ1) is 20.5. The van der Waals surface area contributed by atoms with Gasteiger partial charge in [-0.2, -0.15) is 0 Å². The van der Waals surface area contributed by atoms with E-state index in [0.717, 1.165) is 21.9 Å². The highest BCUT2D eigenvalue weighted by Crippen LogP contribution is 2.46. The number of nitrogens with zero attached hydrogens (tertiary/aromatic N) is 4. The first-order valence-electron chi connectivity index (χ1n) is 13.6. The van der Waals surface area contributed by atoms with Crippen LogP contribution in [0.3, 0.4) is 0 Å². The molecule has 4 heteroatoms. The van der Waals surface area contributed by atoms with Gasteiger partial charge in [0.1, 0.15) is 0 Å². The molecule has 0 radical (unpaired) electrons. The third-order valence-electron chi connectivity index (χ3n) is 8.64. The fourth-order valence-corrected chi connectivity index (χ4v) is 6.97. The summed E-state index contributed by atoms with van der Waals surface area (Å²) in [6.45, 7) is 0. The molecule has 0 fully saturated rings. The van der Waals surface area contributed by atoms with E-state index in [0.29, 0.717) is 5.95 Å². The van der Waals surface area contributed by atoms with Gasteiger partial charge >= 0.3 is 0 Å². The Kier molecular flexibility index (Phi) is 3.65. The van der Waals surface area contributed by atoms with Crippen molar-refractivity contribution in [2.45, 2.75) is 0 Å². The Labute approximate surface area is 227 Å². The zero-order valence-corrected chi connectivity index (χ0v) is 21.3. The SMILES string of the molecule is c1ccc2cc3c(cc2c1)c1cc2c4ccccc4n4c5ccccc5c(c1n3-c1ncc3ccccc3n1)c24. The van der Waals surface area contributed by atoms with Gasteiger partial charge in [-0.05, 0) is 47.2 Å². The summed E-state index contributed by atoms with van der Waals surface area (Å²) in [4.78, 5) is 10.1. The second-order valence-corrected chi connectivity index (χ2v) is 10.7. The quantitative estimate of drug-likeness (QED) is 0.222. The molecule has 10 rings (SSSR count). The number of hydrogen-bond acceptors (Lipinski definition) is 2. The van der Waals surface area contributed by atoms with Gasteiger partial charge in [-0.3, -0.25) is 4.57 Å². The Balaban J connectivity index is 1.53. The zero-order chi connectivity index (χ0) is 25.9. The fraction of sp³-hybridized carbons (Fsp3) is 0. The van der Waals surface area contributed by atoms with Gasteiger partial charge in [-0.25, -0.2) is 9.97 Å². The topological polar surface area (TPSA) is 35.1 Å². The molecule has 0 atom stereocenters.